The molecule has 3 atom stereocenters. The van der Waals surface area contributed by atoms with Crippen molar-refractivity contribution in [1.29, 1.82) is 0 Å². The molecule has 0 saturated heterocycles. The highest BCUT2D eigenvalue weighted by atomic mass is 28.4. The summed E-state index contributed by atoms with van der Waals surface area (Å²) in [7, 11) is -2.44. The number of esters is 1. The molecule has 0 fully saturated rings. The molecule has 42 heavy (non-hydrogen) atoms. The number of hydrogen-bond donors (Lipinski definition) is 0. The van der Waals surface area contributed by atoms with Gasteiger partial charge in [0.05, 0.1) is 0 Å². The third-order valence-corrected chi connectivity index (χ3v) is 14.0. The van der Waals surface area contributed by atoms with Gasteiger partial charge in [-0.05, 0) is 61.5 Å². The fraction of sp³-hybridized carbons (Fsp3) is 0.528. The number of Topliss-reactive ketones (excluding diaryl/α,β-unsaturated/α-hetero) is 2. The molecule has 0 aliphatic carbocycles. The summed E-state index contributed by atoms with van der Waals surface area (Å²) in [6.07, 6.45) is -0.840. The van der Waals surface area contributed by atoms with Crippen LogP contribution >= 0.6 is 0 Å². The number of carbonyl (C=O) groups is 3. The Labute approximate surface area is 255 Å². The molecule has 0 spiro atoms. The topological polar surface area (TPSA) is 69.7 Å². The van der Waals surface area contributed by atoms with E-state index in [1.165, 1.54) is 0 Å². The van der Waals surface area contributed by atoms with Crippen LogP contribution in [0.1, 0.15) is 92.7 Å². The first-order valence-electron chi connectivity index (χ1n) is 15.1. The van der Waals surface area contributed by atoms with Crippen LogP contribution in [0.25, 0.3) is 0 Å². The minimum atomic E-state index is -2.44. The highest BCUT2D eigenvalue weighted by molar-refractivity contribution is 6.74. The molecule has 0 aromatic heterocycles. The quantitative estimate of drug-likeness (QED) is 0.101. The summed E-state index contributed by atoms with van der Waals surface area (Å²) in [4.78, 5) is 40.7. The first kappa shape index (κ1) is 35.4. The van der Waals surface area contributed by atoms with Crippen LogP contribution in [0, 0.1) is 11.3 Å². The van der Waals surface area contributed by atoms with Crippen molar-refractivity contribution in [2.75, 3.05) is 0 Å². The number of hydrogen-bond acceptors (Lipinski definition) is 5. The Morgan fingerprint density at radius 1 is 0.810 bits per heavy atom. The Morgan fingerprint density at radius 3 is 1.67 bits per heavy atom. The lowest BCUT2D eigenvalue weighted by molar-refractivity contribution is -0.156. The Balaban J connectivity index is 2.53. The lowest BCUT2D eigenvalue weighted by Gasteiger charge is -2.41. The van der Waals surface area contributed by atoms with E-state index < -0.39 is 49.4 Å². The second-order valence-corrected chi connectivity index (χ2v) is 18.4. The monoisotopic (exact) mass is 592 g/mol. The molecule has 2 aromatic carbocycles. The minimum Gasteiger partial charge on any atom is -0.456 e. The van der Waals surface area contributed by atoms with Gasteiger partial charge in [0.1, 0.15) is 6.10 Å². The number of ether oxygens (including phenoxy) is 1. The summed E-state index contributed by atoms with van der Waals surface area (Å²) in [6.45, 7) is 23.5. The highest BCUT2D eigenvalue weighted by Gasteiger charge is 2.45. The molecule has 0 N–H and O–H groups in total. The minimum absolute atomic E-state index is 0.0541. The van der Waals surface area contributed by atoms with E-state index in [-0.39, 0.29) is 11.0 Å². The third kappa shape index (κ3) is 8.16. The number of benzene rings is 2. The van der Waals surface area contributed by atoms with Crippen LogP contribution in [0.15, 0.2) is 71.8 Å². The lowest BCUT2D eigenvalue weighted by Crippen LogP contribution is -2.49. The summed E-state index contributed by atoms with van der Waals surface area (Å²) >= 11 is 0. The Morgan fingerprint density at radius 2 is 1.26 bits per heavy atom. The van der Waals surface area contributed by atoms with Crippen molar-refractivity contribution < 1.29 is 23.5 Å². The molecule has 0 aliphatic rings. The standard InChI is InChI=1S/C36H52O5Si/c1-13-24(2)36(9,10)33(38)31(37)26(4)25(3)27(5)40-34(39)32(41-42(11,12)35(6,7)8)30(28-20-16-14-17-21-28)29-22-18-15-19-23-29/h14-24,27,30,32H,13H2,1-12H3/b26-25+/t24-,27-,32+/m0/s1. The first-order valence-corrected chi connectivity index (χ1v) is 18.0. The summed E-state index contributed by atoms with van der Waals surface area (Å²) < 4.78 is 13.0. The zero-order chi connectivity index (χ0) is 32.0. The fourth-order valence-corrected chi connectivity index (χ4v) is 5.84. The molecule has 2 rings (SSSR count). The van der Waals surface area contributed by atoms with E-state index in [4.69, 9.17) is 9.16 Å². The maximum atomic E-state index is 14.2. The summed E-state index contributed by atoms with van der Waals surface area (Å²) in [5.41, 5.74) is 2.00. The van der Waals surface area contributed by atoms with E-state index in [0.717, 1.165) is 17.5 Å². The van der Waals surface area contributed by atoms with Crippen LogP contribution in [0.5, 0.6) is 0 Å². The van der Waals surface area contributed by atoms with E-state index in [2.05, 4.69) is 33.9 Å². The Hall–Kier alpha value is -2.83. The van der Waals surface area contributed by atoms with Gasteiger partial charge in [0, 0.05) is 16.9 Å². The molecule has 230 valence electrons. The molecule has 2 aromatic rings. The second-order valence-electron chi connectivity index (χ2n) is 13.7. The number of rotatable bonds is 13. The molecular weight excluding hydrogens is 540 g/mol. The SMILES string of the molecule is CC[C@H](C)C(C)(C)C(=O)C(=O)/C(C)=C(\C)[C@H](C)OC(=O)[C@H](O[Si](C)(C)C(C)(C)C)C(c1ccccc1)c1ccccc1. The van der Waals surface area contributed by atoms with Crippen molar-refractivity contribution in [3.05, 3.63) is 82.9 Å². The van der Waals surface area contributed by atoms with Crippen LogP contribution in [0.4, 0.5) is 0 Å². The van der Waals surface area contributed by atoms with Crippen LogP contribution in [-0.4, -0.2) is 38.1 Å². The van der Waals surface area contributed by atoms with Crippen molar-refractivity contribution >= 4 is 25.9 Å². The first-order chi connectivity index (χ1) is 19.4. The molecule has 0 radical (unpaired) electrons. The van der Waals surface area contributed by atoms with Crippen LogP contribution < -0.4 is 0 Å². The fourth-order valence-electron chi connectivity index (χ4n) is 4.62. The van der Waals surface area contributed by atoms with Gasteiger partial charge >= 0.3 is 5.97 Å². The molecular formula is C36H52O5Si. The van der Waals surface area contributed by atoms with E-state index in [0.29, 0.717) is 11.1 Å². The van der Waals surface area contributed by atoms with Gasteiger partial charge in [-0.3, -0.25) is 9.59 Å². The molecule has 0 aliphatic heterocycles. The molecule has 0 bridgehead atoms. The number of carbonyl (C=O) groups excluding carboxylic acids is 3. The smallest absolute Gasteiger partial charge is 0.335 e. The number of allylic oxidation sites excluding steroid dienone is 1. The molecule has 6 heteroatoms. The Bertz CT molecular complexity index is 1220. The molecule has 0 amide bonds. The van der Waals surface area contributed by atoms with Gasteiger partial charge in [-0.15, -0.1) is 0 Å². The van der Waals surface area contributed by atoms with Gasteiger partial charge in [-0.1, -0.05) is 116 Å². The third-order valence-electron chi connectivity index (χ3n) is 9.55. The van der Waals surface area contributed by atoms with Gasteiger partial charge in [0.2, 0.25) is 11.6 Å². The van der Waals surface area contributed by atoms with Gasteiger partial charge in [0.15, 0.2) is 14.4 Å². The van der Waals surface area contributed by atoms with Crippen molar-refractivity contribution in [3.8, 4) is 0 Å². The largest absolute Gasteiger partial charge is 0.456 e. The zero-order valence-corrected chi connectivity index (χ0v) is 28.8. The zero-order valence-electron chi connectivity index (χ0n) is 27.8. The highest BCUT2D eigenvalue weighted by Crippen LogP contribution is 2.41. The van der Waals surface area contributed by atoms with E-state index in [1.54, 1.807) is 20.8 Å². The predicted octanol–water partition coefficient (Wildman–Crippen LogP) is 8.69. The van der Waals surface area contributed by atoms with Crippen LogP contribution in [-0.2, 0) is 23.5 Å². The van der Waals surface area contributed by atoms with E-state index >= 15 is 0 Å². The van der Waals surface area contributed by atoms with E-state index in [1.807, 2.05) is 88.4 Å². The number of ketones is 2. The van der Waals surface area contributed by atoms with Gasteiger partial charge in [-0.2, -0.15) is 0 Å². The summed E-state index contributed by atoms with van der Waals surface area (Å²) in [5.74, 6) is -1.78. The van der Waals surface area contributed by atoms with Gasteiger partial charge < -0.3 is 9.16 Å². The van der Waals surface area contributed by atoms with Crippen LogP contribution in [0.2, 0.25) is 18.1 Å². The molecule has 5 nitrogen and oxygen atoms in total. The average molecular weight is 593 g/mol. The summed E-state index contributed by atoms with van der Waals surface area (Å²) in [5, 5.41) is -0.142. The maximum Gasteiger partial charge on any atom is 0.335 e. The van der Waals surface area contributed by atoms with Crippen molar-refractivity contribution in [2.24, 2.45) is 11.3 Å². The van der Waals surface area contributed by atoms with Crippen molar-refractivity contribution in [1.82, 2.24) is 0 Å². The average Bonchev–Trinajstić information content (AvgIpc) is 2.94. The lowest BCUT2D eigenvalue weighted by atomic mass is 9.73. The second kappa shape index (κ2) is 14.1. The molecule has 0 heterocycles. The van der Waals surface area contributed by atoms with Gasteiger partial charge in [-0.25, -0.2) is 4.79 Å². The molecule has 0 unspecified atom stereocenters. The Kier molecular flexibility index (Phi) is 11.9. The molecule has 0 saturated carbocycles. The van der Waals surface area contributed by atoms with Crippen LogP contribution in [0.3, 0.4) is 0 Å². The van der Waals surface area contributed by atoms with E-state index in [9.17, 15) is 14.4 Å². The normalized spacial score (nSPS) is 15.5. The van der Waals surface area contributed by atoms with Crippen molar-refractivity contribution in [3.63, 3.8) is 0 Å². The predicted molar refractivity (Wildman–Crippen MR) is 174 cm³/mol. The van der Waals surface area contributed by atoms with Crippen molar-refractivity contribution in [2.45, 2.75) is 112 Å². The maximum absolute atomic E-state index is 14.2. The summed E-state index contributed by atoms with van der Waals surface area (Å²) in [6, 6.07) is 19.8. The van der Waals surface area contributed by atoms with Gasteiger partial charge in [0.25, 0.3) is 0 Å².